The summed E-state index contributed by atoms with van der Waals surface area (Å²) in [5.74, 6) is 0.689. The maximum atomic E-state index is 11.6. The van der Waals surface area contributed by atoms with Gasteiger partial charge in [0.15, 0.2) is 5.96 Å². The summed E-state index contributed by atoms with van der Waals surface area (Å²) in [5, 5.41) is 9.42. The number of rotatable bonds is 10. The van der Waals surface area contributed by atoms with Crippen molar-refractivity contribution in [1.29, 1.82) is 0 Å². The highest BCUT2D eigenvalue weighted by atomic mass is 127. The van der Waals surface area contributed by atoms with E-state index in [1.54, 1.807) is 7.11 Å². The molecular weight excluding hydrogens is 407 g/mol. The van der Waals surface area contributed by atoms with Crippen LogP contribution in [0.4, 0.5) is 0 Å². The molecule has 0 aliphatic heterocycles. The predicted molar refractivity (Wildman–Crippen MR) is 105 cm³/mol. The Hall–Kier alpha value is -0.570. The highest BCUT2D eigenvalue weighted by molar-refractivity contribution is 14.0. The number of methoxy groups -OCH3 is 1. The summed E-state index contributed by atoms with van der Waals surface area (Å²) >= 11 is 0. The van der Waals surface area contributed by atoms with Crippen LogP contribution in [0.3, 0.4) is 0 Å². The number of carbonyl (C=O) groups is 1. The van der Waals surface area contributed by atoms with Gasteiger partial charge in [0.1, 0.15) is 6.54 Å². The number of aliphatic imine (C=N–C) groups is 1. The largest absolute Gasteiger partial charge is 0.385 e. The smallest absolute Gasteiger partial charge is 0.241 e. The van der Waals surface area contributed by atoms with E-state index in [0.717, 1.165) is 38.5 Å². The minimum Gasteiger partial charge on any atom is -0.385 e. The number of nitrogens with one attached hydrogen (secondary N) is 3. The fourth-order valence-electron chi connectivity index (χ4n) is 2.59. The van der Waals surface area contributed by atoms with Gasteiger partial charge in [-0.2, -0.15) is 0 Å². The first-order valence-electron chi connectivity index (χ1n) is 8.43. The quantitative estimate of drug-likeness (QED) is 0.276. The Balaban J connectivity index is 0.00000484. The number of hydrogen-bond acceptors (Lipinski definition) is 3. The first kappa shape index (κ1) is 22.4. The fraction of sp³-hybridized carbons (Fsp3) is 0.875. The molecule has 23 heavy (non-hydrogen) atoms. The van der Waals surface area contributed by atoms with Crippen molar-refractivity contribution < 1.29 is 9.53 Å². The van der Waals surface area contributed by atoms with Crippen LogP contribution in [0.25, 0.3) is 0 Å². The van der Waals surface area contributed by atoms with Crippen molar-refractivity contribution in [1.82, 2.24) is 16.0 Å². The molecule has 0 bridgehead atoms. The molecule has 7 heteroatoms. The topological polar surface area (TPSA) is 74.8 Å². The van der Waals surface area contributed by atoms with Gasteiger partial charge < -0.3 is 20.7 Å². The Bertz CT molecular complexity index is 360. The van der Waals surface area contributed by atoms with Crippen LogP contribution < -0.4 is 16.0 Å². The van der Waals surface area contributed by atoms with E-state index in [1.807, 2.05) is 13.8 Å². The van der Waals surface area contributed by atoms with E-state index in [1.165, 1.54) is 19.3 Å². The summed E-state index contributed by atoms with van der Waals surface area (Å²) < 4.78 is 5.22. The molecule has 1 fully saturated rings. The van der Waals surface area contributed by atoms with E-state index >= 15 is 0 Å². The molecule has 136 valence electrons. The van der Waals surface area contributed by atoms with Crippen molar-refractivity contribution in [2.75, 3.05) is 39.9 Å². The third-order valence-electron chi connectivity index (χ3n) is 4.18. The monoisotopic (exact) mass is 440 g/mol. The van der Waals surface area contributed by atoms with Gasteiger partial charge in [-0.15, -0.1) is 24.0 Å². The lowest BCUT2D eigenvalue weighted by Gasteiger charge is -2.42. The van der Waals surface area contributed by atoms with Gasteiger partial charge in [0.05, 0.1) is 0 Å². The number of hydrogen-bond donors (Lipinski definition) is 3. The first-order valence-corrected chi connectivity index (χ1v) is 8.43. The lowest BCUT2D eigenvalue weighted by atomic mass is 9.67. The fourth-order valence-corrected chi connectivity index (χ4v) is 2.59. The molecule has 0 saturated heterocycles. The second-order valence-corrected chi connectivity index (χ2v) is 6.00. The normalized spacial score (nSPS) is 16.0. The van der Waals surface area contributed by atoms with Crippen LogP contribution in [-0.4, -0.2) is 51.8 Å². The minimum absolute atomic E-state index is 0. The Kier molecular flexibility index (Phi) is 12.5. The van der Waals surface area contributed by atoms with Crippen molar-refractivity contribution in [2.45, 2.75) is 46.0 Å². The molecule has 0 aromatic rings. The van der Waals surface area contributed by atoms with Crippen molar-refractivity contribution in [3.63, 3.8) is 0 Å². The van der Waals surface area contributed by atoms with Crippen molar-refractivity contribution in [3.8, 4) is 0 Å². The minimum atomic E-state index is -0.0307. The average molecular weight is 440 g/mol. The molecule has 0 aromatic carbocycles. The van der Waals surface area contributed by atoms with E-state index in [2.05, 4.69) is 20.9 Å². The van der Waals surface area contributed by atoms with Crippen LogP contribution in [-0.2, 0) is 9.53 Å². The van der Waals surface area contributed by atoms with Crippen LogP contribution >= 0.6 is 24.0 Å². The molecule has 0 atom stereocenters. The standard InChI is InChI=1S/C16H32N4O2.HI/c1-4-10-18-14(21)12-19-15(17-5-2)20-13-16(7-6-8-16)9-11-22-3;/h4-13H2,1-3H3,(H,18,21)(H2,17,19,20);1H. The third-order valence-corrected chi connectivity index (χ3v) is 4.18. The number of halogens is 1. The lowest BCUT2D eigenvalue weighted by Crippen LogP contribution is -2.47. The molecule has 1 rings (SSSR count). The second kappa shape index (κ2) is 12.8. The van der Waals surface area contributed by atoms with Crippen LogP contribution in [0.5, 0.6) is 0 Å². The molecule has 0 radical (unpaired) electrons. The number of amides is 1. The van der Waals surface area contributed by atoms with Crippen LogP contribution in [0.2, 0.25) is 0 Å². The van der Waals surface area contributed by atoms with Gasteiger partial charge in [-0.05, 0) is 38.0 Å². The van der Waals surface area contributed by atoms with Crippen LogP contribution in [0, 0.1) is 5.41 Å². The summed E-state index contributed by atoms with van der Waals surface area (Å²) in [6.45, 7) is 7.41. The average Bonchev–Trinajstić information content (AvgIpc) is 2.48. The highest BCUT2D eigenvalue weighted by Gasteiger charge is 2.36. The zero-order valence-corrected chi connectivity index (χ0v) is 17.1. The molecule has 0 unspecified atom stereocenters. The summed E-state index contributed by atoms with van der Waals surface area (Å²) in [4.78, 5) is 16.0. The maximum absolute atomic E-state index is 11.6. The Morgan fingerprint density at radius 2 is 1.96 bits per heavy atom. The van der Waals surface area contributed by atoms with Gasteiger partial charge in [-0.25, -0.2) is 4.99 Å². The molecule has 0 aromatic heterocycles. The maximum Gasteiger partial charge on any atom is 0.241 e. The molecule has 6 nitrogen and oxygen atoms in total. The van der Waals surface area contributed by atoms with Crippen molar-refractivity contribution in [2.24, 2.45) is 10.4 Å². The molecule has 1 aliphatic rings. The molecule has 1 aliphatic carbocycles. The van der Waals surface area contributed by atoms with Gasteiger partial charge in [-0.1, -0.05) is 13.3 Å². The van der Waals surface area contributed by atoms with Gasteiger partial charge in [0.25, 0.3) is 0 Å². The summed E-state index contributed by atoms with van der Waals surface area (Å²) in [5.41, 5.74) is 0.330. The first-order chi connectivity index (χ1) is 10.7. The number of carbonyl (C=O) groups excluding carboxylic acids is 1. The van der Waals surface area contributed by atoms with Gasteiger partial charge in [0.2, 0.25) is 5.91 Å². The Labute approximate surface area is 157 Å². The van der Waals surface area contributed by atoms with E-state index < -0.39 is 0 Å². The Morgan fingerprint density at radius 3 is 2.48 bits per heavy atom. The number of ether oxygens (including phenoxy) is 1. The molecule has 0 heterocycles. The number of nitrogens with zero attached hydrogens (tertiary/aromatic N) is 1. The lowest BCUT2D eigenvalue weighted by molar-refractivity contribution is -0.119. The zero-order chi connectivity index (χ0) is 16.3. The van der Waals surface area contributed by atoms with Crippen LogP contribution in [0.1, 0.15) is 46.0 Å². The summed E-state index contributed by atoms with van der Waals surface area (Å²) in [7, 11) is 1.75. The SMILES string of the molecule is CCCNC(=O)CN=C(NCC)NCC1(CCOC)CCC1.I. The van der Waals surface area contributed by atoms with Gasteiger partial charge in [0, 0.05) is 33.4 Å². The number of guanidine groups is 1. The van der Waals surface area contributed by atoms with Gasteiger partial charge in [-0.3, -0.25) is 4.79 Å². The Morgan fingerprint density at radius 1 is 1.22 bits per heavy atom. The van der Waals surface area contributed by atoms with Crippen LogP contribution in [0.15, 0.2) is 4.99 Å². The third kappa shape index (κ3) is 8.74. The predicted octanol–water partition coefficient (Wildman–Crippen LogP) is 1.89. The van der Waals surface area contributed by atoms with E-state index in [9.17, 15) is 4.79 Å². The van der Waals surface area contributed by atoms with Gasteiger partial charge >= 0.3 is 0 Å². The summed E-state index contributed by atoms with van der Waals surface area (Å²) in [6, 6.07) is 0. The zero-order valence-electron chi connectivity index (χ0n) is 14.7. The molecular formula is C16H33IN4O2. The van der Waals surface area contributed by atoms with E-state index in [-0.39, 0.29) is 36.4 Å². The van der Waals surface area contributed by atoms with E-state index in [4.69, 9.17) is 4.74 Å². The van der Waals surface area contributed by atoms with Crippen molar-refractivity contribution in [3.05, 3.63) is 0 Å². The highest BCUT2D eigenvalue weighted by Crippen LogP contribution is 2.43. The summed E-state index contributed by atoms with van der Waals surface area (Å²) in [6.07, 6.45) is 5.78. The van der Waals surface area contributed by atoms with Crippen molar-refractivity contribution >= 4 is 35.8 Å². The molecule has 1 saturated carbocycles. The molecule has 0 spiro atoms. The second-order valence-electron chi connectivity index (χ2n) is 6.00. The molecule has 3 N–H and O–H groups in total. The molecule has 1 amide bonds. The van der Waals surface area contributed by atoms with E-state index in [0.29, 0.717) is 12.0 Å².